The van der Waals surface area contributed by atoms with E-state index in [1.54, 1.807) is 0 Å². The maximum absolute atomic E-state index is 13.3. The predicted octanol–water partition coefficient (Wildman–Crippen LogP) is 1.58. The topological polar surface area (TPSA) is 99.1 Å². The smallest absolute Gasteiger partial charge is 0.402 e. The number of hydrogen-bond acceptors (Lipinski definition) is 6. The van der Waals surface area contributed by atoms with Crippen molar-refractivity contribution < 1.29 is 40.8 Å². The molecular weight excluding hydrogens is 362 g/mol. The van der Waals surface area contributed by atoms with Gasteiger partial charge in [0.2, 0.25) is 0 Å². The van der Waals surface area contributed by atoms with Crippen LogP contribution in [0.4, 0.5) is 8.78 Å². The number of carbonyl (C=O) groups is 1. The van der Waals surface area contributed by atoms with Crippen molar-refractivity contribution in [3.8, 4) is 0 Å². The van der Waals surface area contributed by atoms with E-state index < -0.39 is 39.2 Å². The van der Waals surface area contributed by atoms with E-state index in [0.717, 1.165) is 12.8 Å². The standard InChI is InChI=1S/C15H20F2O7S/c16-14(17,25(19,20)21)8-22-12(18)13-5-9-3-10(6-13)15(11(4-9)7-13)23-1-2-24-15/h9-11H,1-8H2,(H,19,20,21). The van der Waals surface area contributed by atoms with Crippen molar-refractivity contribution in [3.05, 3.63) is 0 Å². The van der Waals surface area contributed by atoms with Gasteiger partial charge in [0.25, 0.3) is 0 Å². The maximum atomic E-state index is 13.3. The van der Waals surface area contributed by atoms with Crippen molar-refractivity contribution in [1.82, 2.24) is 0 Å². The van der Waals surface area contributed by atoms with E-state index in [9.17, 15) is 22.0 Å². The first kappa shape index (κ1) is 17.6. The number of halogens is 2. The fourth-order valence-electron chi connectivity index (χ4n) is 5.47. The Balaban J connectivity index is 1.51. The van der Waals surface area contributed by atoms with Gasteiger partial charge in [0.05, 0.1) is 18.6 Å². The Morgan fingerprint density at radius 1 is 1.16 bits per heavy atom. The molecule has 0 aromatic heterocycles. The maximum Gasteiger partial charge on any atom is 0.402 e. The van der Waals surface area contributed by atoms with Crippen LogP contribution in [0, 0.1) is 23.2 Å². The molecule has 4 bridgehead atoms. The minimum Gasteiger partial charge on any atom is -0.458 e. The van der Waals surface area contributed by atoms with Crippen LogP contribution in [0.15, 0.2) is 0 Å². The summed E-state index contributed by atoms with van der Waals surface area (Å²) in [6, 6.07) is 0. The van der Waals surface area contributed by atoms with E-state index in [1.165, 1.54) is 0 Å². The van der Waals surface area contributed by atoms with Crippen molar-refractivity contribution >= 4 is 16.1 Å². The van der Waals surface area contributed by atoms with Gasteiger partial charge >= 0.3 is 21.3 Å². The van der Waals surface area contributed by atoms with Gasteiger partial charge in [-0.05, 0) is 38.0 Å². The summed E-state index contributed by atoms with van der Waals surface area (Å²) in [7, 11) is -5.62. The molecule has 142 valence electrons. The zero-order valence-electron chi connectivity index (χ0n) is 13.4. The molecule has 0 aromatic carbocycles. The Morgan fingerprint density at radius 3 is 2.24 bits per heavy atom. The number of hydrogen-bond donors (Lipinski definition) is 1. The Labute approximate surface area is 143 Å². The Hall–Kier alpha value is -0.840. The molecular formula is C15H20F2O7S. The van der Waals surface area contributed by atoms with Crippen molar-refractivity contribution in [2.75, 3.05) is 19.8 Å². The molecule has 5 fully saturated rings. The molecule has 2 unspecified atom stereocenters. The van der Waals surface area contributed by atoms with Gasteiger partial charge in [-0.25, -0.2) is 0 Å². The largest absolute Gasteiger partial charge is 0.458 e. The van der Waals surface area contributed by atoms with Crippen molar-refractivity contribution in [1.29, 1.82) is 0 Å². The third-order valence-electron chi connectivity index (χ3n) is 6.25. The van der Waals surface area contributed by atoms with E-state index in [1.807, 2.05) is 0 Å². The molecule has 0 amide bonds. The number of esters is 1. The molecule has 4 saturated carbocycles. The SMILES string of the molecule is O=C(OCC(F)(F)S(=O)(=O)O)C12CC3CC(C1)C1(OCCO1)C(C3)C2. The predicted molar refractivity (Wildman–Crippen MR) is 78.1 cm³/mol. The van der Waals surface area contributed by atoms with E-state index in [0.29, 0.717) is 32.5 Å². The van der Waals surface area contributed by atoms with E-state index in [2.05, 4.69) is 4.74 Å². The van der Waals surface area contributed by atoms with Crippen molar-refractivity contribution in [2.45, 2.75) is 43.1 Å². The molecule has 1 spiro atoms. The van der Waals surface area contributed by atoms with Crippen LogP contribution in [-0.2, 0) is 29.1 Å². The minimum absolute atomic E-state index is 0.0101. The van der Waals surface area contributed by atoms with Gasteiger partial charge in [-0.3, -0.25) is 9.35 Å². The zero-order valence-corrected chi connectivity index (χ0v) is 14.3. The molecule has 1 saturated heterocycles. The average molecular weight is 382 g/mol. The summed E-state index contributed by atoms with van der Waals surface area (Å²) in [5, 5.41) is -4.51. The van der Waals surface area contributed by atoms with Gasteiger partial charge in [-0.15, -0.1) is 0 Å². The van der Waals surface area contributed by atoms with Gasteiger partial charge in [0, 0.05) is 11.8 Å². The van der Waals surface area contributed by atoms with Gasteiger partial charge < -0.3 is 14.2 Å². The molecule has 5 aliphatic rings. The zero-order chi connectivity index (χ0) is 18.1. The van der Waals surface area contributed by atoms with E-state index in [4.69, 9.17) is 14.0 Å². The third kappa shape index (κ3) is 2.52. The lowest BCUT2D eigenvalue weighted by Gasteiger charge is -2.61. The highest BCUT2D eigenvalue weighted by Gasteiger charge is 2.67. The van der Waals surface area contributed by atoms with E-state index >= 15 is 0 Å². The molecule has 4 aliphatic carbocycles. The lowest BCUT2D eigenvalue weighted by Crippen LogP contribution is -2.63. The molecule has 25 heavy (non-hydrogen) atoms. The Morgan fingerprint density at radius 2 is 1.72 bits per heavy atom. The first-order valence-electron chi connectivity index (χ1n) is 8.38. The van der Waals surface area contributed by atoms with E-state index in [-0.39, 0.29) is 17.8 Å². The Kier molecular flexibility index (Phi) is 3.75. The summed E-state index contributed by atoms with van der Waals surface area (Å²) in [5.74, 6) is -1.18. The van der Waals surface area contributed by atoms with Crippen LogP contribution in [0.2, 0.25) is 0 Å². The van der Waals surface area contributed by atoms with Gasteiger partial charge in [0.15, 0.2) is 12.4 Å². The summed E-state index contributed by atoms with van der Waals surface area (Å²) >= 11 is 0. The second-order valence-electron chi connectivity index (χ2n) is 7.73. The molecule has 0 radical (unpaired) electrons. The van der Waals surface area contributed by atoms with Crippen LogP contribution in [0.5, 0.6) is 0 Å². The quantitative estimate of drug-likeness (QED) is 0.582. The average Bonchev–Trinajstić information content (AvgIpc) is 2.99. The molecule has 5 rings (SSSR count). The summed E-state index contributed by atoms with van der Waals surface area (Å²) in [4.78, 5) is 12.6. The fraction of sp³-hybridized carbons (Fsp3) is 0.933. The van der Waals surface area contributed by atoms with Crippen LogP contribution < -0.4 is 0 Å². The molecule has 1 heterocycles. The van der Waals surface area contributed by atoms with Gasteiger partial charge in [-0.2, -0.15) is 17.2 Å². The normalized spacial score (nSPS) is 39.1. The molecule has 0 aromatic rings. The second kappa shape index (κ2) is 5.34. The van der Waals surface area contributed by atoms with Crippen molar-refractivity contribution in [3.63, 3.8) is 0 Å². The van der Waals surface area contributed by atoms with Gasteiger partial charge in [0.1, 0.15) is 0 Å². The first-order valence-corrected chi connectivity index (χ1v) is 9.82. The van der Waals surface area contributed by atoms with Crippen molar-refractivity contribution in [2.24, 2.45) is 23.2 Å². The molecule has 2 atom stereocenters. The summed E-state index contributed by atoms with van der Waals surface area (Å²) in [5.41, 5.74) is -0.896. The van der Waals surface area contributed by atoms with Crippen LogP contribution >= 0.6 is 0 Å². The lowest BCUT2D eigenvalue weighted by atomic mass is 9.47. The van der Waals surface area contributed by atoms with Crippen LogP contribution in [0.3, 0.4) is 0 Å². The third-order valence-corrected chi connectivity index (χ3v) is 7.12. The number of alkyl halides is 2. The molecule has 7 nitrogen and oxygen atoms in total. The monoisotopic (exact) mass is 382 g/mol. The molecule has 1 N–H and O–H groups in total. The fourth-order valence-corrected chi connectivity index (χ4v) is 5.68. The lowest BCUT2D eigenvalue weighted by molar-refractivity contribution is -0.301. The van der Waals surface area contributed by atoms with Gasteiger partial charge in [-0.1, -0.05) is 0 Å². The number of rotatable bonds is 4. The first-order chi connectivity index (χ1) is 11.6. The van der Waals surface area contributed by atoms with Crippen LogP contribution in [-0.4, -0.2) is 49.8 Å². The molecule has 1 aliphatic heterocycles. The summed E-state index contributed by atoms with van der Waals surface area (Å²) in [6.45, 7) is -0.657. The highest BCUT2D eigenvalue weighted by molar-refractivity contribution is 7.86. The second-order valence-corrected chi connectivity index (χ2v) is 9.28. The highest BCUT2D eigenvalue weighted by atomic mass is 32.2. The number of ether oxygens (including phenoxy) is 3. The Bertz CT molecular complexity index is 668. The molecule has 10 heteroatoms. The van der Waals surface area contributed by atoms with Crippen LogP contribution in [0.1, 0.15) is 32.1 Å². The van der Waals surface area contributed by atoms with Crippen LogP contribution in [0.25, 0.3) is 0 Å². The summed E-state index contributed by atoms with van der Waals surface area (Å²) < 4.78 is 73.0. The number of carbonyl (C=O) groups excluding carboxylic acids is 1. The highest BCUT2D eigenvalue weighted by Crippen LogP contribution is 2.65. The minimum atomic E-state index is -5.62. The summed E-state index contributed by atoms with van der Waals surface area (Å²) in [6.07, 6.45) is 3.14.